The summed E-state index contributed by atoms with van der Waals surface area (Å²) in [5.41, 5.74) is 4.69. The summed E-state index contributed by atoms with van der Waals surface area (Å²) in [5, 5.41) is 10.7. The number of furan rings is 1. The fourth-order valence-corrected chi connectivity index (χ4v) is 5.82. The van der Waals surface area contributed by atoms with Crippen LogP contribution >= 0.6 is 11.8 Å². The van der Waals surface area contributed by atoms with Gasteiger partial charge in [-0.3, -0.25) is 14.7 Å². The Labute approximate surface area is 202 Å². The molecule has 2 N–H and O–H groups in total. The smallest absolute Gasteiger partial charge is 0.291 e. The Morgan fingerprint density at radius 3 is 2.82 bits per heavy atom. The quantitative estimate of drug-likeness (QED) is 0.579. The number of para-hydroxylation sites is 2. The topological polar surface area (TPSA) is 73.1 Å². The van der Waals surface area contributed by atoms with Crippen molar-refractivity contribution in [3.63, 3.8) is 0 Å². The molecule has 4 heterocycles. The van der Waals surface area contributed by atoms with Crippen LogP contribution in [0.2, 0.25) is 0 Å². The van der Waals surface area contributed by atoms with E-state index >= 15 is 0 Å². The number of nitrogens with one attached hydrogen (secondary N) is 2. The van der Waals surface area contributed by atoms with Crippen molar-refractivity contribution in [1.82, 2.24) is 15.1 Å². The molecule has 3 aliphatic rings. The minimum absolute atomic E-state index is 0.0255. The average Bonchev–Trinajstić information content (AvgIpc) is 3.54. The molecule has 0 bridgehead atoms. The van der Waals surface area contributed by atoms with Crippen LogP contribution in [-0.2, 0) is 0 Å². The summed E-state index contributed by atoms with van der Waals surface area (Å²) in [5.74, 6) is 0.118. The second-order valence-electron chi connectivity index (χ2n) is 8.88. The van der Waals surface area contributed by atoms with E-state index in [4.69, 9.17) is 9.41 Å². The van der Waals surface area contributed by atoms with E-state index in [9.17, 15) is 4.79 Å². The second kappa shape index (κ2) is 8.94. The highest BCUT2D eigenvalue weighted by molar-refractivity contribution is 8.16. The van der Waals surface area contributed by atoms with Crippen LogP contribution in [-0.4, -0.2) is 60.1 Å². The Kier molecular flexibility index (Phi) is 5.64. The number of aryl methyl sites for hydroxylation is 1. The van der Waals surface area contributed by atoms with Gasteiger partial charge in [-0.2, -0.15) is 0 Å². The van der Waals surface area contributed by atoms with Crippen molar-refractivity contribution in [2.24, 2.45) is 4.99 Å². The van der Waals surface area contributed by atoms with E-state index in [1.807, 2.05) is 49.4 Å². The molecule has 1 unspecified atom stereocenters. The van der Waals surface area contributed by atoms with Gasteiger partial charge in [0.05, 0.1) is 12.6 Å². The molecular formula is C26H27N5O2S. The van der Waals surface area contributed by atoms with Gasteiger partial charge in [0.25, 0.3) is 5.91 Å². The third-order valence-electron chi connectivity index (χ3n) is 6.71. The van der Waals surface area contributed by atoms with Gasteiger partial charge >= 0.3 is 0 Å². The van der Waals surface area contributed by atoms with E-state index < -0.39 is 0 Å². The first-order valence-corrected chi connectivity index (χ1v) is 12.6. The molecule has 1 aromatic heterocycles. The molecule has 0 spiro atoms. The van der Waals surface area contributed by atoms with Crippen LogP contribution in [0.25, 0.3) is 11.0 Å². The van der Waals surface area contributed by atoms with Gasteiger partial charge in [0.15, 0.2) is 10.9 Å². The number of amides is 1. The van der Waals surface area contributed by atoms with Crippen LogP contribution in [0.1, 0.15) is 27.7 Å². The van der Waals surface area contributed by atoms with Crippen molar-refractivity contribution in [3.8, 4) is 0 Å². The van der Waals surface area contributed by atoms with Gasteiger partial charge in [-0.15, -0.1) is 0 Å². The Balaban J connectivity index is 1.20. The van der Waals surface area contributed by atoms with E-state index in [2.05, 4.69) is 31.9 Å². The highest BCUT2D eigenvalue weighted by atomic mass is 32.2. The molecule has 0 radical (unpaired) electrons. The van der Waals surface area contributed by atoms with Crippen LogP contribution in [0.3, 0.4) is 0 Å². The zero-order valence-electron chi connectivity index (χ0n) is 19.1. The number of benzene rings is 2. The molecule has 6 rings (SSSR count). The minimum atomic E-state index is -0.235. The van der Waals surface area contributed by atoms with Crippen molar-refractivity contribution >= 4 is 39.5 Å². The van der Waals surface area contributed by atoms with Gasteiger partial charge in [0.2, 0.25) is 0 Å². The number of anilines is 1. The Morgan fingerprint density at radius 1 is 1.18 bits per heavy atom. The van der Waals surface area contributed by atoms with E-state index in [1.54, 1.807) is 11.8 Å². The largest absolute Gasteiger partial charge is 0.451 e. The molecule has 0 aliphatic carbocycles. The lowest BCUT2D eigenvalue weighted by Gasteiger charge is -2.29. The van der Waals surface area contributed by atoms with Gasteiger partial charge in [0, 0.05) is 60.6 Å². The molecule has 174 valence electrons. The maximum Gasteiger partial charge on any atom is 0.291 e. The van der Waals surface area contributed by atoms with Crippen molar-refractivity contribution in [1.29, 1.82) is 0 Å². The highest BCUT2D eigenvalue weighted by Gasteiger charge is 2.34. The lowest BCUT2D eigenvalue weighted by Crippen LogP contribution is -2.45. The summed E-state index contributed by atoms with van der Waals surface area (Å²) in [6.07, 6.45) is 0. The zero-order chi connectivity index (χ0) is 23.1. The molecule has 2 aromatic carbocycles. The fraction of sp³-hybridized carbons (Fsp3) is 0.308. The van der Waals surface area contributed by atoms with E-state index in [0.717, 1.165) is 72.2 Å². The minimum Gasteiger partial charge on any atom is -0.451 e. The van der Waals surface area contributed by atoms with Crippen molar-refractivity contribution in [2.45, 2.75) is 13.0 Å². The lowest BCUT2D eigenvalue weighted by atomic mass is 10.0. The Morgan fingerprint density at radius 2 is 1.97 bits per heavy atom. The second-order valence-corrected chi connectivity index (χ2v) is 9.72. The summed E-state index contributed by atoms with van der Waals surface area (Å²) >= 11 is 1.70. The Bertz CT molecular complexity index is 1310. The lowest BCUT2D eigenvalue weighted by molar-refractivity contribution is 0.0997. The van der Waals surface area contributed by atoms with E-state index in [1.165, 1.54) is 5.70 Å². The molecule has 1 atom stereocenters. The standard InChI is InChI=1S/C26H27N5O2S/c1-17-19-6-3-5-9-23(19)33-24(17)25(32)28-21-8-4-2-7-20(21)22-15-31-18(16-34-26(31)29-22)14-30-12-10-27-11-13-30/h2-9,16,22,27H,10-15H2,1H3,(H,28,32). The zero-order valence-corrected chi connectivity index (χ0v) is 19.9. The van der Waals surface area contributed by atoms with Crippen LogP contribution in [0.15, 0.2) is 69.0 Å². The van der Waals surface area contributed by atoms with Gasteiger partial charge in [-0.25, -0.2) is 0 Å². The number of fused-ring (bicyclic) bond motifs is 2. The first-order chi connectivity index (χ1) is 16.7. The highest BCUT2D eigenvalue weighted by Crippen LogP contribution is 2.39. The molecular weight excluding hydrogens is 446 g/mol. The third kappa shape index (κ3) is 3.91. The predicted octanol–water partition coefficient (Wildman–Crippen LogP) is 4.20. The molecule has 3 aromatic rings. The van der Waals surface area contributed by atoms with Crippen LogP contribution in [0, 0.1) is 6.92 Å². The van der Waals surface area contributed by atoms with Gasteiger partial charge in [0.1, 0.15) is 5.58 Å². The molecule has 0 saturated carbocycles. The van der Waals surface area contributed by atoms with Gasteiger partial charge < -0.3 is 20.0 Å². The van der Waals surface area contributed by atoms with Crippen molar-refractivity contribution < 1.29 is 9.21 Å². The Hall–Kier alpha value is -3.07. The van der Waals surface area contributed by atoms with Crippen molar-refractivity contribution in [2.75, 3.05) is 44.6 Å². The number of hydrogen-bond donors (Lipinski definition) is 2. The number of hydrogen-bond acceptors (Lipinski definition) is 7. The molecule has 8 heteroatoms. The van der Waals surface area contributed by atoms with Crippen LogP contribution in [0.4, 0.5) is 5.69 Å². The van der Waals surface area contributed by atoms with Gasteiger partial charge in [-0.1, -0.05) is 48.2 Å². The molecule has 1 saturated heterocycles. The maximum absolute atomic E-state index is 13.2. The monoisotopic (exact) mass is 473 g/mol. The molecule has 1 fully saturated rings. The fourth-order valence-electron chi connectivity index (χ4n) is 4.87. The van der Waals surface area contributed by atoms with Gasteiger partial charge in [-0.05, 0) is 24.5 Å². The predicted molar refractivity (Wildman–Crippen MR) is 137 cm³/mol. The number of rotatable bonds is 5. The van der Waals surface area contributed by atoms with Crippen LogP contribution < -0.4 is 10.6 Å². The van der Waals surface area contributed by atoms with E-state index in [0.29, 0.717) is 5.76 Å². The average molecular weight is 474 g/mol. The summed E-state index contributed by atoms with van der Waals surface area (Å²) in [6.45, 7) is 7.89. The number of amidine groups is 1. The third-order valence-corrected chi connectivity index (χ3v) is 7.64. The first kappa shape index (κ1) is 21.5. The molecule has 3 aliphatic heterocycles. The normalized spacial score (nSPS) is 20.4. The number of nitrogens with zero attached hydrogens (tertiary/aromatic N) is 3. The summed E-state index contributed by atoms with van der Waals surface area (Å²) in [7, 11) is 0. The summed E-state index contributed by atoms with van der Waals surface area (Å²) in [4.78, 5) is 23.0. The first-order valence-electron chi connectivity index (χ1n) is 11.7. The molecule has 1 amide bonds. The maximum atomic E-state index is 13.2. The van der Waals surface area contributed by atoms with Crippen molar-refractivity contribution in [3.05, 3.63) is 76.5 Å². The molecule has 34 heavy (non-hydrogen) atoms. The number of carbonyl (C=O) groups is 1. The number of aliphatic imine (C=N–C) groups is 1. The number of piperazine rings is 1. The summed E-state index contributed by atoms with van der Waals surface area (Å²) < 4.78 is 5.88. The SMILES string of the molecule is Cc1c(C(=O)Nc2ccccc2C2CN3C(CN4CCNCC4)=CSC3=N2)oc2ccccc12. The number of thioether (sulfide) groups is 1. The summed E-state index contributed by atoms with van der Waals surface area (Å²) in [6, 6.07) is 15.7. The van der Waals surface area contributed by atoms with E-state index in [-0.39, 0.29) is 11.9 Å². The number of carbonyl (C=O) groups excluding carboxylic acids is 1. The molecule has 7 nitrogen and oxygen atoms in total. The van der Waals surface area contributed by atoms with Crippen LogP contribution in [0.5, 0.6) is 0 Å².